The van der Waals surface area contributed by atoms with Gasteiger partial charge in [0, 0.05) is 13.6 Å². The smallest absolute Gasteiger partial charge is 0.344 e. The molecule has 0 aliphatic rings. The number of alkyl halides is 3. The molecular weight excluding hydrogens is 251 g/mol. The predicted molar refractivity (Wildman–Crippen MR) is 65.1 cm³/mol. The van der Waals surface area contributed by atoms with Crippen molar-refractivity contribution in [3.63, 3.8) is 0 Å². The van der Waals surface area contributed by atoms with E-state index in [0.717, 1.165) is 23.5 Å². The number of halogens is 3. The van der Waals surface area contributed by atoms with E-state index in [1.54, 1.807) is 6.92 Å². The van der Waals surface area contributed by atoms with Crippen molar-refractivity contribution in [1.29, 1.82) is 0 Å². The van der Waals surface area contributed by atoms with E-state index in [9.17, 15) is 18.0 Å². The number of thioether (sulfide) groups is 1. The van der Waals surface area contributed by atoms with E-state index in [-0.39, 0.29) is 17.7 Å². The van der Waals surface area contributed by atoms with Gasteiger partial charge in [-0.1, -0.05) is 13.3 Å². The third-order valence-corrected chi connectivity index (χ3v) is 3.55. The number of rotatable bonds is 7. The van der Waals surface area contributed by atoms with Gasteiger partial charge in [0.05, 0.1) is 11.7 Å². The van der Waals surface area contributed by atoms with E-state index >= 15 is 0 Å². The molecule has 0 aliphatic carbocycles. The van der Waals surface area contributed by atoms with Crippen molar-refractivity contribution < 1.29 is 18.0 Å². The fourth-order valence-corrected chi connectivity index (χ4v) is 2.32. The van der Waals surface area contributed by atoms with Crippen LogP contribution in [-0.4, -0.2) is 41.6 Å². The Morgan fingerprint density at radius 3 is 2.47 bits per heavy atom. The summed E-state index contributed by atoms with van der Waals surface area (Å²) in [5.41, 5.74) is 0. The molecule has 0 rings (SSSR count). The van der Waals surface area contributed by atoms with Crippen molar-refractivity contribution >= 4 is 17.7 Å². The average Bonchev–Trinajstić information content (AvgIpc) is 2.24. The summed E-state index contributed by atoms with van der Waals surface area (Å²) in [4.78, 5) is 12.9. The summed E-state index contributed by atoms with van der Waals surface area (Å²) in [7, 11) is 1.42. The van der Waals surface area contributed by atoms with Gasteiger partial charge < -0.3 is 4.90 Å². The van der Waals surface area contributed by atoms with E-state index in [2.05, 4.69) is 6.92 Å². The summed E-state index contributed by atoms with van der Waals surface area (Å²) in [5.74, 6) is 0.645. The van der Waals surface area contributed by atoms with Crippen LogP contribution >= 0.6 is 11.8 Å². The van der Waals surface area contributed by atoms with E-state index < -0.39 is 12.6 Å². The topological polar surface area (TPSA) is 20.3 Å². The molecule has 0 aromatic heterocycles. The van der Waals surface area contributed by atoms with Crippen molar-refractivity contribution in [2.45, 2.75) is 44.5 Å². The summed E-state index contributed by atoms with van der Waals surface area (Å²) in [5, 5.41) is -0.264. The summed E-state index contributed by atoms with van der Waals surface area (Å²) in [6.07, 6.45) is -3.07. The molecule has 102 valence electrons. The molecule has 0 heterocycles. The largest absolute Gasteiger partial charge is 0.390 e. The molecule has 0 saturated carbocycles. The first-order valence-electron chi connectivity index (χ1n) is 5.71. The summed E-state index contributed by atoms with van der Waals surface area (Å²) < 4.78 is 36.0. The molecule has 0 N–H and O–H groups in total. The lowest BCUT2D eigenvalue weighted by atomic mass is 10.3. The number of unbranched alkanes of at least 4 members (excludes halogenated alkanes) is 1. The summed E-state index contributed by atoms with van der Waals surface area (Å²) >= 11 is 1.50. The second kappa shape index (κ2) is 7.84. The molecule has 0 bridgehead atoms. The van der Waals surface area contributed by atoms with Gasteiger partial charge >= 0.3 is 6.18 Å². The highest BCUT2D eigenvalue weighted by molar-refractivity contribution is 8.00. The zero-order valence-corrected chi connectivity index (χ0v) is 11.3. The van der Waals surface area contributed by atoms with Crippen molar-refractivity contribution in [2.24, 2.45) is 0 Å². The van der Waals surface area contributed by atoms with Crippen LogP contribution in [0.25, 0.3) is 0 Å². The molecule has 1 atom stereocenters. The molecule has 0 radical (unpaired) electrons. The lowest BCUT2D eigenvalue weighted by Crippen LogP contribution is -2.35. The molecule has 0 saturated heterocycles. The molecule has 0 spiro atoms. The van der Waals surface area contributed by atoms with E-state index in [1.807, 2.05) is 0 Å². The van der Waals surface area contributed by atoms with E-state index in [4.69, 9.17) is 0 Å². The highest BCUT2D eigenvalue weighted by atomic mass is 32.2. The van der Waals surface area contributed by atoms with Crippen LogP contribution in [0.2, 0.25) is 0 Å². The molecule has 2 nitrogen and oxygen atoms in total. The van der Waals surface area contributed by atoms with Gasteiger partial charge in [0.15, 0.2) is 0 Å². The molecular formula is C11H20F3NOS. The molecule has 0 fully saturated rings. The Hall–Kier alpha value is -0.390. The number of carbonyl (C=O) groups excluding carboxylic acids is 1. The first kappa shape index (κ1) is 16.6. The summed E-state index contributed by atoms with van der Waals surface area (Å²) in [6, 6.07) is 0. The minimum absolute atomic E-state index is 0.227. The van der Waals surface area contributed by atoms with Gasteiger partial charge in [-0.15, -0.1) is 11.8 Å². The summed E-state index contributed by atoms with van der Waals surface area (Å²) in [6.45, 7) is 3.54. The van der Waals surface area contributed by atoms with Crippen LogP contribution in [0.4, 0.5) is 13.2 Å². The third kappa shape index (κ3) is 8.35. The zero-order valence-electron chi connectivity index (χ0n) is 10.5. The van der Waals surface area contributed by atoms with Crippen LogP contribution in [0.15, 0.2) is 0 Å². The Morgan fingerprint density at radius 2 is 2.00 bits per heavy atom. The molecule has 6 heteroatoms. The Kier molecular flexibility index (Phi) is 7.66. The normalized spacial score (nSPS) is 13.5. The number of amides is 1. The van der Waals surface area contributed by atoms with Gasteiger partial charge in [-0.25, -0.2) is 0 Å². The van der Waals surface area contributed by atoms with Crippen LogP contribution in [0.3, 0.4) is 0 Å². The Labute approximate surface area is 105 Å². The van der Waals surface area contributed by atoms with Gasteiger partial charge in [0.25, 0.3) is 0 Å². The van der Waals surface area contributed by atoms with Crippen molar-refractivity contribution in [3.05, 3.63) is 0 Å². The van der Waals surface area contributed by atoms with Crippen molar-refractivity contribution in [3.8, 4) is 0 Å². The fraction of sp³-hybridized carbons (Fsp3) is 0.909. The minimum Gasteiger partial charge on any atom is -0.344 e. The van der Waals surface area contributed by atoms with E-state index in [0.29, 0.717) is 0 Å². The fourth-order valence-electron chi connectivity index (χ4n) is 1.19. The zero-order chi connectivity index (χ0) is 13.5. The molecule has 0 aromatic rings. The highest BCUT2D eigenvalue weighted by Gasteiger charge is 2.28. The van der Waals surface area contributed by atoms with Crippen LogP contribution in [0.1, 0.15) is 33.1 Å². The second-order valence-electron chi connectivity index (χ2n) is 3.99. The van der Waals surface area contributed by atoms with Crippen LogP contribution < -0.4 is 0 Å². The average molecular weight is 271 g/mol. The molecule has 0 aliphatic heterocycles. The maximum Gasteiger partial charge on any atom is 0.390 e. The molecule has 1 unspecified atom stereocenters. The maximum atomic E-state index is 12.0. The molecule has 0 aromatic carbocycles. The minimum atomic E-state index is -4.20. The van der Waals surface area contributed by atoms with Gasteiger partial charge in [0.2, 0.25) is 5.91 Å². The quantitative estimate of drug-likeness (QED) is 0.662. The first-order valence-corrected chi connectivity index (χ1v) is 6.76. The molecule has 17 heavy (non-hydrogen) atoms. The van der Waals surface area contributed by atoms with Crippen LogP contribution in [0, 0.1) is 0 Å². The number of hydrogen-bond acceptors (Lipinski definition) is 2. The van der Waals surface area contributed by atoms with Gasteiger partial charge in [-0.05, 0) is 19.1 Å². The number of carbonyl (C=O) groups is 1. The second-order valence-corrected chi connectivity index (χ2v) is 5.44. The van der Waals surface area contributed by atoms with Crippen molar-refractivity contribution in [1.82, 2.24) is 4.90 Å². The third-order valence-electron chi connectivity index (χ3n) is 2.32. The lowest BCUT2D eigenvalue weighted by molar-refractivity contribution is -0.143. The molecule has 1 amide bonds. The Bertz CT molecular complexity index is 233. The monoisotopic (exact) mass is 271 g/mol. The lowest BCUT2D eigenvalue weighted by Gasteiger charge is -2.21. The first-order chi connectivity index (χ1) is 7.78. The van der Waals surface area contributed by atoms with Crippen LogP contribution in [0.5, 0.6) is 0 Å². The van der Waals surface area contributed by atoms with Gasteiger partial charge in [-0.3, -0.25) is 4.79 Å². The Morgan fingerprint density at radius 1 is 1.41 bits per heavy atom. The highest BCUT2D eigenvalue weighted by Crippen LogP contribution is 2.20. The van der Waals surface area contributed by atoms with Crippen LogP contribution in [-0.2, 0) is 4.79 Å². The number of nitrogens with zero attached hydrogens (tertiary/aromatic N) is 1. The standard InChI is InChI=1S/C11H20F3NOS/c1-4-5-8-17-9(2)10(16)15(3)7-6-11(12,13)14/h9H,4-8H2,1-3H3. The van der Waals surface area contributed by atoms with E-state index in [1.165, 1.54) is 18.8 Å². The SMILES string of the molecule is CCCCSC(C)C(=O)N(C)CCC(F)(F)F. The maximum absolute atomic E-state index is 12.0. The predicted octanol–water partition coefficient (Wildman–Crippen LogP) is 3.32. The van der Waals surface area contributed by atoms with Gasteiger partial charge in [0.1, 0.15) is 0 Å². The van der Waals surface area contributed by atoms with Crippen molar-refractivity contribution in [2.75, 3.05) is 19.3 Å². The Balaban J connectivity index is 3.94. The number of hydrogen-bond donors (Lipinski definition) is 0. The van der Waals surface area contributed by atoms with Gasteiger partial charge in [-0.2, -0.15) is 13.2 Å².